The van der Waals surface area contributed by atoms with Crippen LogP contribution in [-0.4, -0.2) is 48.7 Å². The van der Waals surface area contributed by atoms with Crippen LogP contribution in [0.1, 0.15) is 39.0 Å². The molecule has 2 rings (SSSR count). The van der Waals surface area contributed by atoms with Gasteiger partial charge in [0.15, 0.2) is 0 Å². The molecule has 0 spiro atoms. The molecular formula is C14H26N2O2. The molecule has 2 aliphatic heterocycles. The third kappa shape index (κ3) is 3.04. The van der Waals surface area contributed by atoms with Crippen LogP contribution in [0, 0.1) is 11.3 Å². The normalized spacial score (nSPS) is 28.1. The van der Waals surface area contributed by atoms with Crippen LogP contribution in [-0.2, 0) is 4.79 Å². The molecule has 104 valence electrons. The first kappa shape index (κ1) is 13.8. The van der Waals surface area contributed by atoms with Crippen LogP contribution in [0.2, 0.25) is 0 Å². The van der Waals surface area contributed by atoms with Gasteiger partial charge in [0.25, 0.3) is 0 Å². The molecule has 2 fully saturated rings. The van der Waals surface area contributed by atoms with Crippen molar-refractivity contribution in [3.8, 4) is 0 Å². The van der Waals surface area contributed by atoms with Gasteiger partial charge < -0.3 is 15.3 Å². The van der Waals surface area contributed by atoms with Crippen LogP contribution in [0.5, 0.6) is 0 Å². The van der Waals surface area contributed by atoms with Crippen molar-refractivity contribution in [1.29, 1.82) is 0 Å². The Morgan fingerprint density at radius 2 is 2.17 bits per heavy atom. The number of hydrogen-bond acceptors (Lipinski definition) is 3. The monoisotopic (exact) mass is 254 g/mol. The number of hydrogen-bond donors (Lipinski definition) is 2. The Bertz CT molecular complexity index is 286. The lowest BCUT2D eigenvalue weighted by atomic mass is 9.79. The van der Waals surface area contributed by atoms with Gasteiger partial charge in [-0.25, -0.2) is 0 Å². The second-order valence-electron chi connectivity index (χ2n) is 6.08. The van der Waals surface area contributed by atoms with Gasteiger partial charge in [-0.3, -0.25) is 4.79 Å². The number of nitrogens with one attached hydrogen (secondary N) is 1. The Morgan fingerprint density at radius 1 is 1.44 bits per heavy atom. The Kier molecular flexibility index (Phi) is 4.62. The van der Waals surface area contributed by atoms with Gasteiger partial charge in [0, 0.05) is 25.1 Å². The number of nitrogens with zero attached hydrogens (tertiary/aromatic N) is 1. The molecule has 0 radical (unpaired) electrons. The highest BCUT2D eigenvalue weighted by atomic mass is 16.3. The Labute approximate surface area is 110 Å². The molecule has 1 amide bonds. The highest BCUT2D eigenvalue weighted by Gasteiger charge is 2.38. The molecule has 1 unspecified atom stereocenters. The van der Waals surface area contributed by atoms with Crippen molar-refractivity contribution in [2.24, 2.45) is 11.3 Å². The first-order valence-corrected chi connectivity index (χ1v) is 7.27. The molecule has 0 bridgehead atoms. The van der Waals surface area contributed by atoms with E-state index < -0.39 is 0 Å². The molecule has 4 nitrogen and oxygen atoms in total. The molecule has 0 aromatic heterocycles. The molecule has 0 aromatic rings. The molecule has 1 atom stereocenters. The average Bonchev–Trinajstić information content (AvgIpc) is 2.39. The van der Waals surface area contributed by atoms with Crippen LogP contribution in [0.3, 0.4) is 0 Å². The number of aliphatic hydroxyl groups excluding tert-OH is 1. The number of rotatable bonds is 3. The number of piperidine rings is 2. The summed E-state index contributed by atoms with van der Waals surface area (Å²) in [6.45, 7) is 6.03. The van der Waals surface area contributed by atoms with E-state index in [1.807, 2.05) is 0 Å². The lowest BCUT2D eigenvalue weighted by Gasteiger charge is -2.40. The fourth-order valence-corrected chi connectivity index (χ4v) is 3.24. The topological polar surface area (TPSA) is 52.6 Å². The van der Waals surface area contributed by atoms with Gasteiger partial charge in [-0.1, -0.05) is 6.92 Å². The van der Waals surface area contributed by atoms with Gasteiger partial charge in [-0.2, -0.15) is 0 Å². The van der Waals surface area contributed by atoms with Crippen molar-refractivity contribution in [3.63, 3.8) is 0 Å². The fourth-order valence-electron chi connectivity index (χ4n) is 3.24. The highest BCUT2D eigenvalue weighted by Crippen LogP contribution is 2.32. The number of likely N-dealkylation sites (tertiary alicyclic amines) is 1. The maximum Gasteiger partial charge on any atom is 0.228 e. The zero-order chi connectivity index (χ0) is 13.0. The largest absolute Gasteiger partial charge is 0.396 e. The van der Waals surface area contributed by atoms with Gasteiger partial charge in [0.2, 0.25) is 5.91 Å². The Balaban J connectivity index is 1.95. The summed E-state index contributed by atoms with van der Waals surface area (Å²) in [4.78, 5) is 14.7. The van der Waals surface area contributed by atoms with Crippen molar-refractivity contribution in [3.05, 3.63) is 0 Å². The van der Waals surface area contributed by atoms with Crippen molar-refractivity contribution >= 4 is 5.91 Å². The molecule has 4 heteroatoms. The van der Waals surface area contributed by atoms with E-state index in [0.29, 0.717) is 11.8 Å². The first-order chi connectivity index (χ1) is 8.65. The summed E-state index contributed by atoms with van der Waals surface area (Å²) in [5.74, 6) is 0.838. The van der Waals surface area contributed by atoms with Crippen molar-refractivity contribution in [1.82, 2.24) is 10.2 Å². The SMILES string of the molecule is CC1(C(=O)N2CCCC(CCO)C2)CCNCC1. The number of aliphatic hydroxyl groups is 1. The second-order valence-corrected chi connectivity index (χ2v) is 6.08. The lowest BCUT2D eigenvalue weighted by Crippen LogP contribution is -2.50. The molecule has 18 heavy (non-hydrogen) atoms. The molecule has 0 aliphatic carbocycles. The fraction of sp³-hybridized carbons (Fsp3) is 0.929. The molecule has 2 saturated heterocycles. The Hall–Kier alpha value is -0.610. The van der Waals surface area contributed by atoms with Gasteiger partial charge in [-0.15, -0.1) is 0 Å². The predicted molar refractivity (Wildman–Crippen MR) is 71.2 cm³/mol. The number of carbonyl (C=O) groups is 1. The summed E-state index contributed by atoms with van der Waals surface area (Å²) in [6, 6.07) is 0. The van der Waals surface area contributed by atoms with Crippen LogP contribution in [0.4, 0.5) is 0 Å². The molecular weight excluding hydrogens is 228 g/mol. The number of carbonyl (C=O) groups excluding carboxylic acids is 1. The molecule has 2 heterocycles. The summed E-state index contributed by atoms with van der Waals surface area (Å²) in [5, 5.41) is 12.4. The molecule has 2 N–H and O–H groups in total. The van der Waals surface area contributed by atoms with E-state index in [-0.39, 0.29) is 12.0 Å². The summed E-state index contributed by atoms with van der Waals surface area (Å²) < 4.78 is 0. The maximum atomic E-state index is 12.7. The lowest BCUT2D eigenvalue weighted by molar-refractivity contribution is -0.144. The maximum absolute atomic E-state index is 12.7. The summed E-state index contributed by atoms with van der Waals surface area (Å²) in [7, 11) is 0. The van der Waals surface area contributed by atoms with Crippen LogP contribution in [0.25, 0.3) is 0 Å². The van der Waals surface area contributed by atoms with Crippen molar-refractivity contribution < 1.29 is 9.90 Å². The summed E-state index contributed by atoms with van der Waals surface area (Å²) in [5.41, 5.74) is -0.160. The molecule has 0 saturated carbocycles. The molecule has 2 aliphatic rings. The van der Waals surface area contributed by atoms with Gasteiger partial charge in [-0.05, 0) is 51.1 Å². The first-order valence-electron chi connectivity index (χ1n) is 7.27. The van der Waals surface area contributed by atoms with Crippen molar-refractivity contribution in [2.45, 2.75) is 39.0 Å². The second kappa shape index (κ2) is 6.02. The minimum atomic E-state index is -0.160. The zero-order valence-corrected chi connectivity index (χ0v) is 11.5. The molecule has 0 aromatic carbocycles. The standard InChI is InChI=1S/C14H26N2O2/c1-14(5-7-15-8-6-14)13(18)16-9-2-3-12(11-16)4-10-17/h12,15,17H,2-11H2,1H3. The summed E-state index contributed by atoms with van der Waals surface area (Å²) >= 11 is 0. The van der Waals surface area contributed by atoms with Crippen LogP contribution >= 0.6 is 0 Å². The quantitative estimate of drug-likeness (QED) is 0.790. The van der Waals surface area contributed by atoms with E-state index in [9.17, 15) is 4.79 Å². The van der Waals surface area contributed by atoms with E-state index in [4.69, 9.17) is 5.11 Å². The van der Waals surface area contributed by atoms with E-state index in [2.05, 4.69) is 17.1 Å². The highest BCUT2D eigenvalue weighted by molar-refractivity contribution is 5.82. The van der Waals surface area contributed by atoms with E-state index in [1.54, 1.807) is 0 Å². The van der Waals surface area contributed by atoms with Crippen molar-refractivity contribution in [2.75, 3.05) is 32.8 Å². The zero-order valence-electron chi connectivity index (χ0n) is 11.5. The smallest absolute Gasteiger partial charge is 0.228 e. The minimum Gasteiger partial charge on any atom is -0.396 e. The predicted octanol–water partition coefficient (Wildman–Crippen LogP) is 0.997. The Morgan fingerprint density at radius 3 is 2.83 bits per heavy atom. The minimum absolute atomic E-state index is 0.160. The third-order valence-corrected chi connectivity index (χ3v) is 4.57. The summed E-state index contributed by atoms with van der Waals surface area (Å²) in [6.07, 6.45) is 4.98. The number of amides is 1. The van der Waals surface area contributed by atoms with Gasteiger partial charge in [0.05, 0.1) is 0 Å². The van der Waals surface area contributed by atoms with E-state index in [1.165, 1.54) is 0 Å². The third-order valence-electron chi connectivity index (χ3n) is 4.57. The van der Waals surface area contributed by atoms with Crippen LogP contribution in [0.15, 0.2) is 0 Å². The van der Waals surface area contributed by atoms with Gasteiger partial charge >= 0.3 is 0 Å². The van der Waals surface area contributed by atoms with E-state index >= 15 is 0 Å². The van der Waals surface area contributed by atoms with Crippen LogP contribution < -0.4 is 5.32 Å². The average molecular weight is 254 g/mol. The van der Waals surface area contributed by atoms with Gasteiger partial charge in [0.1, 0.15) is 0 Å². The van der Waals surface area contributed by atoms with E-state index in [0.717, 1.165) is 58.3 Å².